The van der Waals surface area contributed by atoms with Crippen molar-refractivity contribution in [3.05, 3.63) is 0 Å². The fourth-order valence-electron chi connectivity index (χ4n) is 1.85. The second kappa shape index (κ2) is 4.42. The number of Topliss-reactive ketones (excluding diaryl/α,β-unsaturated/α-hetero) is 1. The number of hydrogen-bond donors (Lipinski definition) is 2. The zero-order valence-corrected chi connectivity index (χ0v) is 8.71. The molecule has 0 spiro atoms. The summed E-state index contributed by atoms with van der Waals surface area (Å²) in [5.74, 6) is -2.50. The predicted molar refractivity (Wildman–Crippen MR) is 52.3 cm³/mol. The number of rotatable bonds is 3. The van der Waals surface area contributed by atoms with Gasteiger partial charge in [-0.05, 0) is 12.8 Å². The highest BCUT2D eigenvalue weighted by molar-refractivity contribution is 6.35. The van der Waals surface area contributed by atoms with E-state index in [0.717, 1.165) is 26.2 Å². The number of nitrogens with one attached hydrogen (secondary N) is 1. The number of carboxylic acids is 1. The van der Waals surface area contributed by atoms with Gasteiger partial charge in [-0.2, -0.15) is 0 Å². The average molecular weight is 213 g/mol. The molecule has 5 heteroatoms. The Morgan fingerprint density at radius 3 is 2.07 bits per heavy atom. The summed E-state index contributed by atoms with van der Waals surface area (Å²) in [5.41, 5.74) is -1.22. The Kier molecular flexibility index (Phi) is 3.44. The van der Waals surface area contributed by atoms with E-state index in [4.69, 9.17) is 5.11 Å². The maximum Gasteiger partial charge on any atom is 0.329 e. The van der Waals surface area contributed by atoms with Gasteiger partial charge in [0.05, 0.1) is 0 Å². The summed E-state index contributed by atoms with van der Waals surface area (Å²) in [6.07, 6.45) is 3.32. The van der Waals surface area contributed by atoms with E-state index in [1.54, 1.807) is 0 Å². The van der Waals surface area contributed by atoms with Crippen molar-refractivity contribution in [3.8, 4) is 0 Å². The van der Waals surface area contributed by atoms with Crippen molar-refractivity contribution >= 4 is 17.7 Å². The van der Waals surface area contributed by atoms with Crippen molar-refractivity contribution < 1.29 is 19.5 Å². The maximum absolute atomic E-state index is 11.2. The molecule has 0 aliphatic heterocycles. The normalized spacial score (nSPS) is 19.3. The minimum Gasteiger partial charge on any atom is -0.480 e. The van der Waals surface area contributed by atoms with Gasteiger partial charge in [0.1, 0.15) is 5.54 Å². The van der Waals surface area contributed by atoms with Gasteiger partial charge in [0.2, 0.25) is 5.78 Å². The van der Waals surface area contributed by atoms with Crippen molar-refractivity contribution in [2.24, 2.45) is 0 Å². The maximum atomic E-state index is 11.2. The van der Waals surface area contributed by atoms with Crippen LogP contribution in [0.1, 0.15) is 39.0 Å². The zero-order valence-electron chi connectivity index (χ0n) is 8.71. The summed E-state index contributed by atoms with van der Waals surface area (Å²) in [4.78, 5) is 33.1. The summed E-state index contributed by atoms with van der Waals surface area (Å²) in [6, 6.07) is 0. The van der Waals surface area contributed by atoms with Gasteiger partial charge in [-0.1, -0.05) is 19.3 Å². The lowest BCUT2D eigenvalue weighted by Crippen LogP contribution is -2.56. The number of carboxylic acid groups (broad SMARTS) is 1. The summed E-state index contributed by atoms with van der Waals surface area (Å²) in [6.45, 7) is 1.13. The lowest BCUT2D eigenvalue weighted by molar-refractivity contribution is -0.150. The summed E-state index contributed by atoms with van der Waals surface area (Å²) < 4.78 is 0. The molecule has 1 amide bonds. The van der Waals surface area contributed by atoms with Crippen LogP contribution in [-0.4, -0.2) is 28.3 Å². The first-order valence-electron chi connectivity index (χ1n) is 5.04. The molecule has 1 rings (SSSR count). The van der Waals surface area contributed by atoms with Crippen LogP contribution >= 0.6 is 0 Å². The van der Waals surface area contributed by atoms with Gasteiger partial charge >= 0.3 is 5.97 Å². The van der Waals surface area contributed by atoms with Crippen LogP contribution in [0, 0.1) is 0 Å². The quantitative estimate of drug-likeness (QED) is 0.668. The molecule has 0 radical (unpaired) electrons. The molecule has 84 valence electrons. The van der Waals surface area contributed by atoms with Crippen molar-refractivity contribution in [2.75, 3.05) is 0 Å². The number of carbonyl (C=O) groups excluding carboxylic acids is 2. The Bertz CT molecular complexity index is 292. The highest BCUT2D eigenvalue weighted by Gasteiger charge is 2.41. The van der Waals surface area contributed by atoms with Gasteiger partial charge in [-0.15, -0.1) is 0 Å². The van der Waals surface area contributed by atoms with Gasteiger partial charge in [0, 0.05) is 6.92 Å². The van der Waals surface area contributed by atoms with Gasteiger partial charge < -0.3 is 10.4 Å². The van der Waals surface area contributed by atoms with Crippen LogP contribution < -0.4 is 5.32 Å². The Morgan fingerprint density at radius 2 is 1.67 bits per heavy atom. The molecule has 5 nitrogen and oxygen atoms in total. The summed E-state index contributed by atoms with van der Waals surface area (Å²) >= 11 is 0. The third-order valence-electron chi connectivity index (χ3n) is 2.79. The third-order valence-corrected chi connectivity index (χ3v) is 2.79. The smallest absolute Gasteiger partial charge is 0.329 e. The molecule has 1 aliphatic rings. The van der Waals surface area contributed by atoms with Crippen LogP contribution in [0.3, 0.4) is 0 Å². The van der Waals surface area contributed by atoms with Gasteiger partial charge in [-0.3, -0.25) is 9.59 Å². The Morgan fingerprint density at radius 1 is 1.13 bits per heavy atom. The molecule has 0 bridgehead atoms. The largest absolute Gasteiger partial charge is 0.480 e. The van der Waals surface area contributed by atoms with Crippen LogP contribution in [-0.2, 0) is 14.4 Å². The Labute approximate surface area is 87.8 Å². The molecule has 2 N–H and O–H groups in total. The van der Waals surface area contributed by atoms with Gasteiger partial charge in [0.25, 0.3) is 5.91 Å². The molecular formula is C10H15NO4. The average Bonchev–Trinajstić information content (AvgIpc) is 2.18. The van der Waals surface area contributed by atoms with E-state index in [1.165, 1.54) is 0 Å². The number of amides is 1. The van der Waals surface area contributed by atoms with E-state index >= 15 is 0 Å². The second-order valence-corrected chi connectivity index (χ2v) is 3.96. The molecule has 0 aromatic heterocycles. The van der Waals surface area contributed by atoms with Crippen LogP contribution in [0.4, 0.5) is 0 Å². The first kappa shape index (κ1) is 11.7. The fraction of sp³-hybridized carbons (Fsp3) is 0.700. The molecule has 1 fully saturated rings. The Balaban J connectivity index is 2.77. The van der Waals surface area contributed by atoms with Crippen molar-refractivity contribution in [2.45, 2.75) is 44.6 Å². The minimum atomic E-state index is -1.22. The topological polar surface area (TPSA) is 83.5 Å². The van der Waals surface area contributed by atoms with Crippen LogP contribution in [0.5, 0.6) is 0 Å². The number of ketones is 1. The van der Waals surface area contributed by atoms with Crippen molar-refractivity contribution in [1.82, 2.24) is 5.32 Å². The van der Waals surface area contributed by atoms with E-state index < -0.39 is 23.2 Å². The lowest BCUT2D eigenvalue weighted by Gasteiger charge is -2.33. The van der Waals surface area contributed by atoms with Crippen LogP contribution in [0.15, 0.2) is 0 Å². The van der Waals surface area contributed by atoms with Crippen LogP contribution in [0.25, 0.3) is 0 Å². The molecule has 0 saturated heterocycles. The SMILES string of the molecule is CC(=O)C(=O)NC1(C(=O)O)CCCCC1. The van der Waals surface area contributed by atoms with Gasteiger partial charge in [-0.25, -0.2) is 4.79 Å². The molecule has 1 saturated carbocycles. The van der Waals surface area contributed by atoms with Crippen LogP contribution in [0.2, 0.25) is 0 Å². The third kappa shape index (κ3) is 2.55. The van der Waals surface area contributed by atoms with E-state index in [0.29, 0.717) is 12.8 Å². The number of aliphatic carboxylic acids is 1. The Hall–Kier alpha value is -1.39. The van der Waals surface area contributed by atoms with E-state index in [2.05, 4.69) is 5.32 Å². The van der Waals surface area contributed by atoms with E-state index in [9.17, 15) is 14.4 Å². The second-order valence-electron chi connectivity index (χ2n) is 3.96. The fourth-order valence-corrected chi connectivity index (χ4v) is 1.85. The first-order valence-corrected chi connectivity index (χ1v) is 5.04. The van der Waals surface area contributed by atoms with Crippen molar-refractivity contribution in [1.29, 1.82) is 0 Å². The van der Waals surface area contributed by atoms with E-state index in [1.807, 2.05) is 0 Å². The number of hydrogen-bond acceptors (Lipinski definition) is 3. The van der Waals surface area contributed by atoms with E-state index in [-0.39, 0.29) is 0 Å². The summed E-state index contributed by atoms with van der Waals surface area (Å²) in [7, 11) is 0. The summed E-state index contributed by atoms with van der Waals surface area (Å²) in [5, 5.41) is 11.4. The standard InChI is InChI=1S/C10H15NO4/c1-7(12)8(13)11-10(9(14)15)5-3-2-4-6-10/h2-6H2,1H3,(H,11,13)(H,14,15). The predicted octanol–water partition coefficient (Wildman–Crippen LogP) is 0.479. The molecule has 0 atom stereocenters. The molecule has 15 heavy (non-hydrogen) atoms. The highest BCUT2D eigenvalue weighted by atomic mass is 16.4. The molecular weight excluding hydrogens is 198 g/mol. The molecule has 0 unspecified atom stereocenters. The molecule has 1 aliphatic carbocycles. The monoisotopic (exact) mass is 213 g/mol. The molecule has 0 heterocycles. The lowest BCUT2D eigenvalue weighted by atomic mass is 9.81. The first-order chi connectivity index (χ1) is 6.98. The highest BCUT2D eigenvalue weighted by Crippen LogP contribution is 2.28. The van der Waals surface area contributed by atoms with Gasteiger partial charge in [0.15, 0.2) is 0 Å². The molecule has 0 aromatic carbocycles. The van der Waals surface area contributed by atoms with Crippen molar-refractivity contribution in [3.63, 3.8) is 0 Å². The number of carbonyl (C=O) groups is 3. The minimum absolute atomic E-state index is 0.404. The molecule has 0 aromatic rings. The zero-order chi connectivity index (χ0) is 11.5.